The number of ether oxygens (including phenoxy) is 2. The van der Waals surface area contributed by atoms with Crippen molar-refractivity contribution in [2.75, 3.05) is 26.8 Å². The van der Waals surface area contributed by atoms with Crippen LogP contribution in [0.4, 0.5) is 18.0 Å². The second-order valence-electron chi connectivity index (χ2n) is 7.84. The summed E-state index contributed by atoms with van der Waals surface area (Å²) < 4.78 is 50.5. The Hall–Kier alpha value is -3.23. The molecule has 36 heavy (non-hydrogen) atoms. The van der Waals surface area contributed by atoms with Crippen LogP contribution in [0.1, 0.15) is 51.7 Å². The SMILES string of the molecule is C=C.CC/C=C(\C/C(=C\C(C)C(F)(F)F)CN(CC)C(N)=O)c1cc(CC(=O)OCC)ccc1OC. The number of urea groups is 1. The Morgan fingerprint density at radius 1 is 1.19 bits per heavy atom. The maximum atomic E-state index is 13.3. The number of halogens is 3. The van der Waals surface area contributed by atoms with Crippen molar-refractivity contribution in [2.24, 2.45) is 11.7 Å². The number of benzene rings is 1. The van der Waals surface area contributed by atoms with Crippen molar-refractivity contribution in [1.82, 2.24) is 4.90 Å². The third-order valence-corrected chi connectivity index (χ3v) is 5.22. The van der Waals surface area contributed by atoms with Crippen molar-refractivity contribution in [2.45, 2.75) is 53.1 Å². The quantitative estimate of drug-likeness (QED) is 0.263. The molecule has 202 valence electrons. The molecular formula is C27H39F3N2O4. The highest BCUT2D eigenvalue weighted by Gasteiger charge is 2.34. The van der Waals surface area contributed by atoms with E-state index in [1.165, 1.54) is 12.0 Å². The fraction of sp³-hybridized carbons (Fsp3) is 0.481. The van der Waals surface area contributed by atoms with Gasteiger partial charge in [-0.05, 0) is 55.5 Å². The van der Waals surface area contributed by atoms with Gasteiger partial charge in [0, 0.05) is 18.7 Å². The van der Waals surface area contributed by atoms with Gasteiger partial charge in [0.2, 0.25) is 0 Å². The minimum absolute atomic E-state index is 0.0296. The van der Waals surface area contributed by atoms with Crippen LogP contribution in [-0.4, -0.2) is 49.9 Å². The zero-order valence-corrected chi connectivity index (χ0v) is 21.9. The number of allylic oxidation sites excluding steroid dienone is 3. The number of hydrogen-bond donors (Lipinski definition) is 1. The van der Waals surface area contributed by atoms with Gasteiger partial charge in [-0.15, -0.1) is 13.2 Å². The van der Waals surface area contributed by atoms with Crippen molar-refractivity contribution in [3.63, 3.8) is 0 Å². The van der Waals surface area contributed by atoms with Crippen molar-refractivity contribution in [1.29, 1.82) is 0 Å². The molecule has 1 aromatic carbocycles. The topological polar surface area (TPSA) is 81.9 Å². The van der Waals surface area contributed by atoms with Gasteiger partial charge in [-0.3, -0.25) is 4.79 Å². The zero-order valence-electron chi connectivity index (χ0n) is 21.9. The number of nitrogens with zero attached hydrogens (tertiary/aromatic N) is 1. The number of primary amides is 1. The minimum Gasteiger partial charge on any atom is -0.496 e. The van der Waals surface area contributed by atoms with Gasteiger partial charge in [0.1, 0.15) is 5.75 Å². The maximum absolute atomic E-state index is 13.3. The van der Waals surface area contributed by atoms with E-state index in [-0.39, 0.29) is 38.5 Å². The van der Waals surface area contributed by atoms with Crippen LogP contribution >= 0.6 is 0 Å². The number of carbonyl (C=O) groups excluding carboxylic acids is 2. The van der Waals surface area contributed by atoms with E-state index < -0.39 is 18.1 Å². The van der Waals surface area contributed by atoms with Gasteiger partial charge in [0.15, 0.2) is 0 Å². The maximum Gasteiger partial charge on any atom is 0.394 e. The van der Waals surface area contributed by atoms with Gasteiger partial charge in [-0.1, -0.05) is 32.1 Å². The normalized spacial score (nSPS) is 12.8. The highest BCUT2D eigenvalue weighted by atomic mass is 19.4. The number of rotatable bonds is 12. The van der Waals surface area contributed by atoms with Crippen molar-refractivity contribution in [3.8, 4) is 5.75 Å². The first-order valence-electron chi connectivity index (χ1n) is 11.8. The average Bonchev–Trinajstić information content (AvgIpc) is 2.82. The molecule has 6 nitrogen and oxygen atoms in total. The lowest BCUT2D eigenvalue weighted by Gasteiger charge is -2.23. The van der Waals surface area contributed by atoms with Crippen LogP contribution in [-0.2, 0) is 16.0 Å². The van der Waals surface area contributed by atoms with Crippen molar-refractivity contribution in [3.05, 3.63) is 60.2 Å². The number of hydrogen-bond acceptors (Lipinski definition) is 4. The van der Waals surface area contributed by atoms with Crippen LogP contribution in [0.3, 0.4) is 0 Å². The van der Waals surface area contributed by atoms with E-state index in [1.54, 1.807) is 32.0 Å². The fourth-order valence-corrected chi connectivity index (χ4v) is 3.47. The molecule has 0 aromatic heterocycles. The van der Waals surface area contributed by atoms with E-state index in [0.717, 1.165) is 18.6 Å². The number of esters is 1. The predicted octanol–water partition coefficient (Wildman–Crippen LogP) is 6.31. The molecule has 9 heteroatoms. The first-order valence-corrected chi connectivity index (χ1v) is 11.8. The van der Waals surface area contributed by atoms with Crippen molar-refractivity contribution < 1.29 is 32.2 Å². The largest absolute Gasteiger partial charge is 0.496 e. The summed E-state index contributed by atoms with van der Waals surface area (Å²) in [6.45, 7) is 12.9. The van der Waals surface area contributed by atoms with Gasteiger partial charge < -0.3 is 20.1 Å². The average molecular weight is 513 g/mol. The second-order valence-corrected chi connectivity index (χ2v) is 7.84. The predicted molar refractivity (Wildman–Crippen MR) is 138 cm³/mol. The van der Waals surface area contributed by atoms with Crippen molar-refractivity contribution >= 4 is 17.6 Å². The van der Waals surface area contributed by atoms with E-state index in [4.69, 9.17) is 15.2 Å². The number of carbonyl (C=O) groups is 2. The van der Waals surface area contributed by atoms with E-state index in [9.17, 15) is 22.8 Å². The van der Waals surface area contributed by atoms with Crippen LogP contribution in [0.15, 0.2) is 49.1 Å². The molecule has 0 aliphatic heterocycles. The molecule has 0 spiro atoms. The van der Waals surface area contributed by atoms with Gasteiger partial charge in [0.05, 0.1) is 26.1 Å². The summed E-state index contributed by atoms with van der Waals surface area (Å²) in [4.78, 5) is 25.0. The van der Waals surface area contributed by atoms with Crippen LogP contribution in [0, 0.1) is 5.92 Å². The lowest BCUT2D eigenvalue weighted by Crippen LogP contribution is -2.37. The molecule has 1 aromatic rings. The highest BCUT2D eigenvalue weighted by molar-refractivity contribution is 5.77. The summed E-state index contributed by atoms with van der Waals surface area (Å²) in [7, 11) is 1.50. The lowest BCUT2D eigenvalue weighted by atomic mass is 9.92. The molecule has 1 unspecified atom stereocenters. The third kappa shape index (κ3) is 11.0. The third-order valence-electron chi connectivity index (χ3n) is 5.22. The summed E-state index contributed by atoms with van der Waals surface area (Å²) >= 11 is 0. The number of amides is 2. The second kappa shape index (κ2) is 16.4. The molecular weight excluding hydrogens is 473 g/mol. The van der Waals surface area contributed by atoms with Gasteiger partial charge >= 0.3 is 18.2 Å². The molecule has 0 bridgehead atoms. The number of likely N-dealkylation sites (N-methyl/N-ethyl adjacent to an activating group) is 1. The molecule has 0 saturated heterocycles. The molecule has 0 heterocycles. The number of nitrogens with two attached hydrogens (primary N) is 1. The Balaban J connectivity index is 0.00000596. The Bertz CT molecular complexity index is 911. The monoisotopic (exact) mass is 512 g/mol. The van der Waals surface area contributed by atoms with Crippen LogP contribution in [0.5, 0.6) is 5.75 Å². The molecule has 0 fully saturated rings. The molecule has 2 N–H and O–H groups in total. The minimum atomic E-state index is -4.42. The Morgan fingerprint density at radius 2 is 1.83 bits per heavy atom. The smallest absolute Gasteiger partial charge is 0.394 e. The summed E-state index contributed by atoms with van der Waals surface area (Å²) in [6, 6.07) is 4.55. The summed E-state index contributed by atoms with van der Waals surface area (Å²) in [5.74, 6) is -1.55. The zero-order chi connectivity index (χ0) is 27.9. The first-order chi connectivity index (χ1) is 17.0. The van der Waals surface area contributed by atoms with Gasteiger partial charge in [0.25, 0.3) is 0 Å². The van der Waals surface area contributed by atoms with E-state index in [1.807, 2.05) is 13.0 Å². The number of methoxy groups -OCH3 is 1. The van der Waals surface area contributed by atoms with E-state index in [0.29, 0.717) is 28.9 Å². The van der Waals surface area contributed by atoms with E-state index >= 15 is 0 Å². The Labute approximate surface area is 212 Å². The first kappa shape index (κ1) is 32.8. The highest BCUT2D eigenvalue weighted by Crippen LogP contribution is 2.34. The van der Waals surface area contributed by atoms with E-state index in [2.05, 4.69) is 13.2 Å². The summed E-state index contributed by atoms with van der Waals surface area (Å²) in [6.07, 6.45) is -0.541. The van der Waals surface area contributed by atoms with Crippen LogP contribution < -0.4 is 10.5 Å². The molecule has 0 aliphatic carbocycles. The standard InChI is InChI=1S/C25H35F3N2O4.C2H4/c1-6-9-20(21-14-18(10-11-22(21)33-5)15-23(31)34-8-3)13-19(12-17(4)25(26,27)28)16-30(7-2)24(29)32;1-2/h9-12,14,17H,6-8,13,15-16H2,1-5H3,(H2,29,32);1-2H2/b19-12+,20-9+;. The summed E-state index contributed by atoms with van der Waals surface area (Å²) in [5, 5.41) is 0. The molecule has 0 aliphatic rings. The molecule has 0 saturated carbocycles. The van der Waals surface area contributed by atoms with Gasteiger partial charge in [-0.2, -0.15) is 13.2 Å². The van der Waals surface area contributed by atoms with Gasteiger partial charge in [-0.25, -0.2) is 4.79 Å². The number of alkyl halides is 3. The molecule has 2 amide bonds. The Kier molecular flexibility index (Phi) is 15.0. The molecule has 1 rings (SSSR count). The molecule has 0 radical (unpaired) electrons. The summed E-state index contributed by atoms with van der Waals surface area (Å²) in [5.41, 5.74) is 7.90. The lowest BCUT2D eigenvalue weighted by molar-refractivity contribution is -0.156. The van der Waals surface area contributed by atoms with Crippen LogP contribution in [0.2, 0.25) is 0 Å². The Morgan fingerprint density at radius 3 is 2.31 bits per heavy atom. The van der Waals surface area contributed by atoms with Crippen LogP contribution in [0.25, 0.3) is 5.57 Å². The molecule has 1 atom stereocenters. The fourth-order valence-electron chi connectivity index (χ4n) is 3.47.